The minimum absolute atomic E-state index is 0.197. The van der Waals surface area contributed by atoms with Gasteiger partial charge in [0.05, 0.1) is 17.7 Å². The van der Waals surface area contributed by atoms with Gasteiger partial charge in [-0.05, 0) is 31.9 Å². The first kappa shape index (κ1) is 16.4. The highest BCUT2D eigenvalue weighted by atomic mass is 35.5. The number of ether oxygens (including phenoxy) is 1. The first-order chi connectivity index (χ1) is 10.4. The molecule has 0 spiro atoms. The Hall–Kier alpha value is -2.01. The van der Waals surface area contributed by atoms with Crippen LogP contribution in [-0.2, 0) is 9.53 Å². The van der Waals surface area contributed by atoms with E-state index in [1.165, 1.54) is 0 Å². The second-order valence-corrected chi connectivity index (χ2v) is 5.62. The van der Waals surface area contributed by atoms with E-state index in [1.807, 2.05) is 19.9 Å². The molecule has 0 fully saturated rings. The van der Waals surface area contributed by atoms with Crippen molar-refractivity contribution in [1.29, 1.82) is 0 Å². The van der Waals surface area contributed by atoms with Crippen LogP contribution in [0.5, 0.6) is 0 Å². The van der Waals surface area contributed by atoms with Crippen LogP contribution in [0.1, 0.15) is 38.8 Å². The largest absolute Gasteiger partial charge is 0.459 e. The Kier molecular flexibility index (Phi) is 5.08. The lowest BCUT2D eigenvalue weighted by molar-refractivity contribution is -0.144. The second kappa shape index (κ2) is 6.83. The van der Waals surface area contributed by atoms with Gasteiger partial charge in [0.25, 0.3) is 0 Å². The maximum absolute atomic E-state index is 12.5. The molecule has 2 N–H and O–H groups in total. The summed E-state index contributed by atoms with van der Waals surface area (Å²) in [4.78, 5) is 24.2. The van der Waals surface area contributed by atoms with Crippen molar-refractivity contribution in [2.45, 2.75) is 39.3 Å². The van der Waals surface area contributed by atoms with Gasteiger partial charge in [-0.15, -0.1) is 0 Å². The molecule has 1 aliphatic heterocycles. The lowest BCUT2D eigenvalue weighted by atomic mass is 9.95. The van der Waals surface area contributed by atoms with Crippen LogP contribution >= 0.6 is 11.6 Å². The summed E-state index contributed by atoms with van der Waals surface area (Å²) in [5, 5.41) is 5.82. The van der Waals surface area contributed by atoms with E-state index >= 15 is 0 Å². The number of hydrogen-bond acceptors (Lipinski definition) is 3. The number of halogens is 1. The highest BCUT2D eigenvalue weighted by Crippen LogP contribution is 2.32. The minimum atomic E-state index is -0.626. The van der Waals surface area contributed by atoms with Gasteiger partial charge < -0.3 is 15.4 Å². The summed E-state index contributed by atoms with van der Waals surface area (Å²) in [5.74, 6) is -0.454. The molecular weight excluding hydrogens is 304 g/mol. The molecule has 1 heterocycles. The Bertz CT molecular complexity index is 628. The molecule has 0 unspecified atom stereocenters. The highest BCUT2D eigenvalue weighted by Gasteiger charge is 2.33. The SMILES string of the molecule is CC[C@H](C)OC(=O)C1=C(C)NC(=O)N[C@@H]1c1ccccc1Cl. The smallest absolute Gasteiger partial charge is 0.338 e. The number of allylic oxidation sites excluding steroid dienone is 1. The van der Waals surface area contributed by atoms with Gasteiger partial charge in [0.15, 0.2) is 0 Å². The molecule has 1 aromatic carbocycles. The number of carbonyl (C=O) groups excluding carboxylic acids is 2. The van der Waals surface area contributed by atoms with Gasteiger partial charge in [0, 0.05) is 10.7 Å². The van der Waals surface area contributed by atoms with E-state index in [1.54, 1.807) is 25.1 Å². The van der Waals surface area contributed by atoms with Gasteiger partial charge in [-0.3, -0.25) is 0 Å². The molecule has 1 aliphatic rings. The van der Waals surface area contributed by atoms with E-state index in [4.69, 9.17) is 16.3 Å². The first-order valence-corrected chi connectivity index (χ1v) is 7.55. The zero-order valence-electron chi connectivity index (χ0n) is 12.8. The number of amides is 2. The van der Waals surface area contributed by atoms with E-state index in [2.05, 4.69) is 10.6 Å². The first-order valence-electron chi connectivity index (χ1n) is 7.17. The number of esters is 1. The Labute approximate surface area is 134 Å². The number of benzene rings is 1. The Morgan fingerprint density at radius 3 is 2.73 bits per heavy atom. The molecule has 0 saturated heterocycles. The summed E-state index contributed by atoms with van der Waals surface area (Å²) in [5.41, 5.74) is 1.50. The summed E-state index contributed by atoms with van der Waals surface area (Å²) >= 11 is 6.21. The third-order valence-corrected chi connectivity index (χ3v) is 3.93. The number of carbonyl (C=O) groups is 2. The van der Waals surface area contributed by atoms with Crippen LogP contribution in [-0.4, -0.2) is 18.1 Å². The maximum atomic E-state index is 12.5. The van der Waals surface area contributed by atoms with Crippen molar-refractivity contribution in [2.24, 2.45) is 0 Å². The van der Waals surface area contributed by atoms with Crippen LogP contribution in [0, 0.1) is 0 Å². The molecule has 118 valence electrons. The molecule has 0 bridgehead atoms. The molecule has 5 nitrogen and oxygen atoms in total. The number of rotatable bonds is 4. The van der Waals surface area contributed by atoms with Crippen LogP contribution in [0.4, 0.5) is 4.79 Å². The van der Waals surface area contributed by atoms with Gasteiger partial charge in [-0.1, -0.05) is 36.7 Å². The van der Waals surface area contributed by atoms with Gasteiger partial charge >= 0.3 is 12.0 Å². The lowest BCUT2D eigenvalue weighted by Gasteiger charge is -2.29. The Morgan fingerprint density at radius 1 is 1.41 bits per heavy atom. The average Bonchev–Trinajstić information content (AvgIpc) is 2.46. The summed E-state index contributed by atoms with van der Waals surface area (Å²) < 4.78 is 5.41. The molecule has 1 aromatic rings. The van der Waals surface area contributed by atoms with Crippen LogP contribution in [0.15, 0.2) is 35.5 Å². The van der Waals surface area contributed by atoms with Crippen LogP contribution in [0.3, 0.4) is 0 Å². The van der Waals surface area contributed by atoms with Crippen molar-refractivity contribution in [3.05, 3.63) is 46.1 Å². The summed E-state index contributed by atoms with van der Waals surface area (Å²) in [6.07, 6.45) is 0.520. The molecule has 2 atom stereocenters. The van der Waals surface area contributed by atoms with E-state index in [-0.39, 0.29) is 12.1 Å². The standard InChI is InChI=1S/C16H19ClN2O3/c1-4-9(2)22-15(20)13-10(3)18-16(21)19-14(13)11-7-5-6-8-12(11)17/h5-9,14H,4H2,1-3H3,(H2,18,19,21)/t9-,14+/m0/s1. The van der Waals surface area contributed by atoms with E-state index in [0.717, 1.165) is 0 Å². The van der Waals surface area contributed by atoms with E-state index < -0.39 is 12.0 Å². The topological polar surface area (TPSA) is 67.4 Å². The van der Waals surface area contributed by atoms with Gasteiger partial charge in [0.1, 0.15) is 0 Å². The fraction of sp³-hybridized carbons (Fsp3) is 0.375. The quantitative estimate of drug-likeness (QED) is 0.836. The predicted octanol–water partition coefficient (Wildman–Crippen LogP) is 3.31. The monoisotopic (exact) mass is 322 g/mol. The van der Waals surface area contributed by atoms with Crippen molar-refractivity contribution in [3.8, 4) is 0 Å². The zero-order chi connectivity index (χ0) is 16.3. The van der Waals surface area contributed by atoms with Crippen molar-refractivity contribution in [3.63, 3.8) is 0 Å². The minimum Gasteiger partial charge on any atom is -0.459 e. The molecule has 0 radical (unpaired) electrons. The molecule has 0 saturated carbocycles. The van der Waals surface area contributed by atoms with Crippen LogP contribution in [0.25, 0.3) is 0 Å². The van der Waals surface area contributed by atoms with Crippen molar-refractivity contribution >= 4 is 23.6 Å². The predicted molar refractivity (Wildman–Crippen MR) is 84.4 cm³/mol. The van der Waals surface area contributed by atoms with Gasteiger partial charge in [-0.2, -0.15) is 0 Å². The second-order valence-electron chi connectivity index (χ2n) is 5.22. The molecule has 0 aliphatic carbocycles. The van der Waals surface area contributed by atoms with E-state index in [9.17, 15) is 9.59 Å². The molecular formula is C16H19ClN2O3. The van der Waals surface area contributed by atoms with Crippen molar-refractivity contribution < 1.29 is 14.3 Å². The summed E-state index contributed by atoms with van der Waals surface area (Å²) in [7, 11) is 0. The molecule has 2 amide bonds. The highest BCUT2D eigenvalue weighted by molar-refractivity contribution is 6.31. The van der Waals surface area contributed by atoms with Crippen LogP contribution < -0.4 is 10.6 Å². The fourth-order valence-electron chi connectivity index (χ4n) is 2.24. The molecule has 0 aromatic heterocycles. The number of hydrogen-bond donors (Lipinski definition) is 2. The third kappa shape index (κ3) is 3.42. The fourth-order valence-corrected chi connectivity index (χ4v) is 2.48. The van der Waals surface area contributed by atoms with Crippen LogP contribution in [0.2, 0.25) is 5.02 Å². The van der Waals surface area contributed by atoms with Crippen molar-refractivity contribution in [2.75, 3.05) is 0 Å². The van der Waals surface area contributed by atoms with E-state index in [0.29, 0.717) is 28.3 Å². The number of nitrogens with one attached hydrogen (secondary N) is 2. The average molecular weight is 323 g/mol. The van der Waals surface area contributed by atoms with Gasteiger partial charge in [-0.25, -0.2) is 9.59 Å². The lowest BCUT2D eigenvalue weighted by Crippen LogP contribution is -2.45. The summed E-state index contributed by atoms with van der Waals surface area (Å²) in [6, 6.07) is 6.10. The zero-order valence-corrected chi connectivity index (χ0v) is 13.5. The van der Waals surface area contributed by atoms with Gasteiger partial charge in [0.2, 0.25) is 0 Å². The Morgan fingerprint density at radius 2 is 2.09 bits per heavy atom. The Balaban J connectivity index is 2.41. The van der Waals surface area contributed by atoms with Crippen molar-refractivity contribution in [1.82, 2.24) is 10.6 Å². The molecule has 6 heteroatoms. The molecule has 22 heavy (non-hydrogen) atoms. The number of urea groups is 1. The summed E-state index contributed by atoms with van der Waals surface area (Å²) in [6.45, 7) is 5.44. The normalized spacial score (nSPS) is 19.3. The third-order valence-electron chi connectivity index (χ3n) is 3.59. The molecule has 2 rings (SSSR count). The maximum Gasteiger partial charge on any atom is 0.338 e.